The van der Waals surface area contributed by atoms with E-state index in [1.807, 2.05) is 5.32 Å². The monoisotopic (exact) mass is 325 g/mol. The van der Waals surface area contributed by atoms with Gasteiger partial charge in [-0.2, -0.15) is 0 Å². The van der Waals surface area contributed by atoms with E-state index in [-0.39, 0.29) is 18.4 Å². The maximum absolute atomic E-state index is 12.1. The fraction of sp³-hybridized carbons (Fsp3) is 0.733. The second-order valence-electron chi connectivity index (χ2n) is 6.03. The van der Waals surface area contributed by atoms with E-state index in [4.69, 9.17) is 4.74 Å². The Morgan fingerprint density at radius 3 is 2.52 bits per heavy atom. The molecule has 0 spiro atoms. The van der Waals surface area contributed by atoms with Gasteiger partial charge >= 0.3 is 12.0 Å². The predicted octanol–water partition coefficient (Wildman–Crippen LogP) is 0.165. The van der Waals surface area contributed by atoms with Gasteiger partial charge in [-0.05, 0) is 19.8 Å². The number of nitrogens with zero attached hydrogens (tertiary/aromatic N) is 1. The second-order valence-corrected chi connectivity index (χ2v) is 6.03. The van der Waals surface area contributed by atoms with Gasteiger partial charge in [-0.1, -0.05) is 12.8 Å². The van der Waals surface area contributed by atoms with Gasteiger partial charge in [0.15, 0.2) is 6.10 Å². The van der Waals surface area contributed by atoms with Gasteiger partial charge in [-0.25, -0.2) is 4.79 Å². The molecule has 0 aromatic heterocycles. The topological polar surface area (TPSA) is 105 Å². The fourth-order valence-electron chi connectivity index (χ4n) is 3.06. The van der Waals surface area contributed by atoms with Crippen LogP contribution in [0.2, 0.25) is 0 Å². The normalized spacial score (nSPS) is 22.8. The van der Waals surface area contributed by atoms with Gasteiger partial charge in [0, 0.05) is 26.1 Å². The number of hydrogen-bond acceptors (Lipinski definition) is 5. The lowest BCUT2D eigenvalue weighted by atomic mass is 10.1. The molecule has 0 radical (unpaired) electrons. The van der Waals surface area contributed by atoms with E-state index in [0.29, 0.717) is 6.54 Å². The number of hydrogen-bond donors (Lipinski definition) is 2. The van der Waals surface area contributed by atoms with E-state index in [1.165, 1.54) is 14.0 Å². The van der Waals surface area contributed by atoms with Crippen LogP contribution in [0.5, 0.6) is 0 Å². The van der Waals surface area contributed by atoms with Crippen LogP contribution in [0.4, 0.5) is 4.79 Å². The first-order valence-electron chi connectivity index (χ1n) is 7.95. The first kappa shape index (κ1) is 17.2. The lowest BCUT2D eigenvalue weighted by Crippen LogP contribution is -2.44. The number of carbonyl (C=O) groups excluding carboxylic acids is 4. The summed E-state index contributed by atoms with van der Waals surface area (Å²) in [5.74, 6) is -1.84. The van der Waals surface area contributed by atoms with Gasteiger partial charge in [0.1, 0.15) is 0 Å². The van der Waals surface area contributed by atoms with Crippen LogP contribution >= 0.6 is 0 Å². The minimum absolute atomic E-state index is 0.0266. The van der Waals surface area contributed by atoms with Crippen LogP contribution in [-0.2, 0) is 19.1 Å². The number of imide groups is 1. The molecule has 4 amide bonds. The molecule has 1 aliphatic carbocycles. The van der Waals surface area contributed by atoms with Crippen molar-refractivity contribution in [1.29, 1.82) is 0 Å². The van der Waals surface area contributed by atoms with Gasteiger partial charge in [0.25, 0.3) is 5.91 Å². The molecule has 2 fully saturated rings. The summed E-state index contributed by atoms with van der Waals surface area (Å²) in [6, 6.07) is -0.435. The number of likely N-dealkylation sites (tertiary alicyclic amines) is 1. The van der Waals surface area contributed by atoms with Crippen molar-refractivity contribution in [1.82, 2.24) is 15.5 Å². The highest BCUT2D eigenvalue weighted by atomic mass is 16.5. The number of urea groups is 1. The third-order valence-corrected chi connectivity index (χ3v) is 4.38. The maximum atomic E-state index is 12.1. The van der Waals surface area contributed by atoms with Crippen LogP contribution in [0.3, 0.4) is 0 Å². The summed E-state index contributed by atoms with van der Waals surface area (Å²) in [5, 5.41) is 4.28. The molecule has 2 atom stereocenters. The summed E-state index contributed by atoms with van der Waals surface area (Å²) in [5.41, 5.74) is 0. The Morgan fingerprint density at radius 2 is 1.91 bits per heavy atom. The molecule has 0 aromatic carbocycles. The lowest BCUT2D eigenvalue weighted by molar-refractivity contribution is -0.158. The number of ether oxygens (including phenoxy) is 1. The molecule has 0 aromatic rings. The average Bonchev–Trinajstić information content (AvgIpc) is 3.15. The zero-order chi connectivity index (χ0) is 17.0. The van der Waals surface area contributed by atoms with E-state index in [2.05, 4.69) is 5.32 Å². The summed E-state index contributed by atoms with van der Waals surface area (Å²) >= 11 is 0. The zero-order valence-electron chi connectivity index (χ0n) is 13.5. The smallest absolute Gasteiger partial charge is 0.321 e. The van der Waals surface area contributed by atoms with Crippen molar-refractivity contribution >= 4 is 23.8 Å². The summed E-state index contributed by atoms with van der Waals surface area (Å²) in [6.07, 6.45) is 3.23. The van der Waals surface area contributed by atoms with Crippen molar-refractivity contribution in [3.05, 3.63) is 0 Å². The molecular formula is C15H23N3O5. The van der Waals surface area contributed by atoms with E-state index in [9.17, 15) is 19.2 Å². The number of amides is 4. The van der Waals surface area contributed by atoms with Crippen LogP contribution in [0.1, 0.15) is 39.0 Å². The third kappa shape index (κ3) is 4.20. The number of nitrogens with one attached hydrogen (secondary N) is 2. The van der Waals surface area contributed by atoms with Crippen molar-refractivity contribution in [3.63, 3.8) is 0 Å². The summed E-state index contributed by atoms with van der Waals surface area (Å²) in [4.78, 5) is 48.7. The average molecular weight is 325 g/mol. The van der Waals surface area contributed by atoms with Crippen LogP contribution < -0.4 is 10.6 Å². The highest BCUT2D eigenvalue weighted by Crippen LogP contribution is 2.30. The molecule has 1 aliphatic heterocycles. The Balaban J connectivity index is 1.85. The Hall–Kier alpha value is -2.12. The van der Waals surface area contributed by atoms with Crippen molar-refractivity contribution < 1.29 is 23.9 Å². The molecule has 1 saturated carbocycles. The Labute approximate surface area is 134 Å². The first-order valence-corrected chi connectivity index (χ1v) is 7.95. The summed E-state index contributed by atoms with van der Waals surface area (Å²) in [7, 11) is 1.38. The van der Waals surface area contributed by atoms with Gasteiger partial charge < -0.3 is 15.0 Å². The maximum Gasteiger partial charge on any atom is 0.321 e. The van der Waals surface area contributed by atoms with Gasteiger partial charge in [-0.15, -0.1) is 0 Å². The predicted molar refractivity (Wildman–Crippen MR) is 80.2 cm³/mol. The molecule has 1 saturated heterocycles. The van der Waals surface area contributed by atoms with Crippen molar-refractivity contribution in [2.45, 2.75) is 51.2 Å². The molecule has 8 nitrogen and oxygen atoms in total. The molecule has 0 bridgehead atoms. The van der Waals surface area contributed by atoms with Gasteiger partial charge in [0.2, 0.25) is 5.91 Å². The lowest BCUT2D eigenvalue weighted by Gasteiger charge is -2.24. The molecule has 0 unspecified atom stereocenters. The highest BCUT2D eigenvalue weighted by Gasteiger charge is 2.40. The van der Waals surface area contributed by atoms with Crippen molar-refractivity contribution in [2.24, 2.45) is 5.92 Å². The van der Waals surface area contributed by atoms with Crippen LogP contribution in [0, 0.1) is 5.92 Å². The Morgan fingerprint density at radius 1 is 1.26 bits per heavy atom. The minimum atomic E-state index is -1.09. The number of rotatable bonds is 4. The molecule has 8 heteroatoms. The highest BCUT2D eigenvalue weighted by molar-refractivity contribution is 5.97. The molecular weight excluding hydrogens is 302 g/mol. The minimum Gasteiger partial charge on any atom is -0.452 e. The van der Waals surface area contributed by atoms with E-state index < -0.39 is 29.9 Å². The van der Waals surface area contributed by atoms with Crippen LogP contribution in [0.25, 0.3) is 0 Å². The van der Waals surface area contributed by atoms with Crippen molar-refractivity contribution in [3.8, 4) is 0 Å². The van der Waals surface area contributed by atoms with E-state index in [1.54, 1.807) is 4.90 Å². The van der Waals surface area contributed by atoms with Crippen molar-refractivity contribution in [2.75, 3.05) is 13.6 Å². The Bertz CT molecular complexity index is 501. The van der Waals surface area contributed by atoms with Crippen LogP contribution in [-0.4, -0.2) is 54.5 Å². The molecule has 2 N–H and O–H groups in total. The van der Waals surface area contributed by atoms with Gasteiger partial charge in [0.05, 0.1) is 5.92 Å². The van der Waals surface area contributed by atoms with E-state index >= 15 is 0 Å². The van der Waals surface area contributed by atoms with E-state index in [0.717, 1.165) is 25.7 Å². The quantitative estimate of drug-likeness (QED) is 0.717. The fourth-order valence-corrected chi connectivity index (χ4v) is 3.06. The summed E-state index contributed by atoms with van der Waals surface area (Å²) in [6.45, 7) is 1.74. The zero-order valence-corrected chi connectivity index (χ0v) is 13.5. The standard InChI is InChI=1S/C15H23N3O5/c1-9(13(20)17-15(22)16-2)23-14(21)10-7-12(19)18(8-10)11-5-3-4-6-11/h9-11H,3-8H2,1-2H3,(H2,16,17,20,22)/t9-,10-/m1/s1. The number of carbonyl (C=O) groups is 4. The molecule has 23 heavy (non-hydrogen) atoms. The first-order chi connectivity index (χ1) is 10.9. The molecule has 2 rings (SSSR count). The molecule has 1 heterocycles. The largest absolute Gasteiger partial charge is 0.452 e. The molecule has 128 valence electrons. The number of esters is 1. The SMILES string of the molecule is CNC(=O)NC(=O)[C@@H](C)OC(=O)[C@@H]1CC(=O)N(C2CCCC2)C1. The summed E-state index contributed by atoms with van der Waals surface area (Å²) < 4.78 is 5.09. The molecule has 2 aliphatic rings. The second kappa shape index (κ2) is 7.43. The Kier molecular flexibility index (Phi) is 5.57. The van der Waals surface area contributed by atoms with Crippen LogP contribution in [0.15, 0.2) is 0 Å². The third-order valence-electron chi connectivity index (χ3n) is 4.38. The van der Waals surface area contributed by atoms with Gasteiger partial charge in [-0.3, -0.25) is 19.7 Å².